The summed E-state index contributed by atoms with van der Waals surface area (Å²) in [4.78, 5) is 39.3. The highest BCUT2D eigenvalue weighted by Crippen LogP contribution is 2.23. The molecule has 0 saturated heterocycles. The Balaban J connectivity index is 0.00000392. The highest BCUT2D eigenvalue weighted by atomic mass is 32.1. The number of methoxy groups -OCH3 is 2. The molecule has 2 atom stereocenters. The van der Waals surface area contributed by atoms with Gasteiger partial charge in [-0.05, 0) is 90.0 Å². The molecule has 0 radical (unpaired) electrons. The molecule has 0 aliphatic rings. The lowest BCUT2D eigenvalue weighted by atomic mass is 10.0. The molecule has 0 fully saturated rings. The van der Waals surface area contributed by atoms with Crippen molar-refractivity contribution in [1.82, 2.24) is 9.97 Å². The van der Waals surface area contributed by atoms with Gasteiger partial charge < -0.3 is 29.9 Å². The summed E-state index contributed by atoms with van der Waals surface area (Å²) in [5.74, 6) is -2.87. The Bertz CT molecular complexity index is 1850. The average Bonchev–Trinajstić information content (AvgIpc) is 3.12. The zero-order valence-electron chi connectivity index (χ0n) is 29.7. The number of carbonyl (C=O) groups excluding carboxylic acids is 2. The molecule has 0 spiro atoms. The van der Waals surface area contributed by atoms with Crippen molar-refractivity contribution in [3.8, 4) is 11.5 Å². The number of hydrogen-bond acceptors (Lipinski definition) is 8. The smallest absolute Gasteiger partial charge is 0.249 e. The van der Waals surface area contributed by atoms with Crippen molar-refractivity contribution >= 4 is 61.9 Å². The summed E-state index contributed by atoms with van der Waals surface area (Å²) in [5.41, 5.74) is 1.48. The van der Waals surface area contributed by atoms with Gasteiger partial charge in [0.2, 0.25) is 17.8 Å². The number of aromatic nitrogens is 2. The summed E-state index contributed by atoms with van der Waals surface area (Å²) in [6, 6.07) is 18.8. The zero-order chi connectivity index (χ0) is 37.4. The number of benzene rings is 4. The van der Waals surface area contributed by atoms with Gasteiger partial charge in [0.25, 0.3) is 0 Å². The first-order valence-corrected chi connectivity index (χ1v) is 16.0. The molecule has 1 aromatic heterocycles. The normalized spacial score (nSPS) is 11.6. The molecule has 5 rings (SSSR count). The fraction of sp³-hybridized carbons (Fsp3) is 0.211. The number of rotatable bonds is 14. The highest BCUT2D eigenvalue weighted by Gasteiger charge is 2.27. The fourth-order valence-corrected chi connectivity index (χ4v) is 5.51. The molecular weight excluding hydrogens is 745 g/mol. The van der Waals surface area contributed by atoms with Gasteiger partial charge in [-0.25, -0.2) is 22.5 Å². The molecule has 10 nitrogen and oxygen atoms in total. The minimum absolute atomic E-state index is 0. The maximum absolute atomic E-state index is 14.2. The number of nitrogens with one attached hydrogen (secondary N) is 2. The Morgan fingerprint density at radius 1 is 0.630 bits per heavy atom. The van der Waals surface area contributed by atoms with E-state index < -0.39 is 47.2 Å². The van der Waals surface area contributed by atoms with Crippen molar-refractivity contribution < 1.29 is 36.6 Å². The van der Waals surface area contributed by atoms with Crippen LogP contribution in [0, 0.1) is 23.3 Å². The molecule has 2 amide bonds. The molecule has 0 bridgehead atoms. The molecule has 0 aliphatic heterocycles. The predicted octanol–water partition coefficient (Wildman–Crippen LogP) is 6.65. The van der Waals surface area contributed by atoms with Crippen LogP contribution in [-0.2, 0) is 22.4 Å². The van der Waals surface area contributed by atoms with Gasteiger partial charge in [0.05, 0.1) is 14.2 Å². The van der Waals surface area contributed by atoms with E-state index in [-0.39, 0.29) is 62.7 Å². The van der Waals surface area contributed by atoms with E-state index in [9.17, 15) is 27.2 Å². The van der Waals surface area contributed by atoms with Gasteiger partial charge >= 0.3 is 0 Å². The van der Waals surface area contributed by atoms with Crippen molar-refractivity contribution in [2.24, 2.45) is 0 Å². The molecule has 2 N–H and O–H groups in total. The Morgan fingerprint density at radius 2 is 1.02 bits per heavy atom. The number of likely N-dealkylation sites (N-methyl/N-ethyl adjacent to an activating group) is 2. The number of amides is 2. The lowest BCUT2D eigenvalue weighted by Crippen LogP contribution is -2.43. The molecule has 5 aromatic rings. The second-order valence-corrected chi connectivity index (χ2v) is 11.8. The Kier molecular flexibility index (Phi) is 15.5. The first kappa shape index (κ1) is 42.9. The number of halogens is 4. The lowest BCUT2D eigenvalue weighted by molar-refractivity contribution is -0.119. The van der Waals surface area contributed by atoms with Crippen LogP contribution in [0.25, 0.3) is 0 Å². The number of carbonyl (C=O) groups is 2. The van der Waals surface area contributed by atoms with E-state index in [0.29, 0.717) is 22.9 Å². The standard InChI is InChI=1S/C38H36F4N6O4.2H2S/c1-47(29-5-9-31(51-3)10-6-29)36(49)33(19-23-15-25(39)21-26(40)16-23)44-35-13-14-43-38(46-35)45-34(20-24-17-27(41)22-28(42)18-24)37(50)48(2)30-7-11-32(52-4)12-8-30;;/h5-18,21-22,33-34H,19-20H2,1-4H3,(H2,43,44,45,46);2*1H2/t33-,34-;;/m0../s1. The van der Waals surface area contributed by atoms with Crippen LogP contribution in [-0.4, -0.2) is 62.2 Å². The van der Waals surface area contributed by atoms with Crippen LogP contribution in [0.15, 0.2) is 97.2 Å². The second kappa shape index (κ2) is 19.6. The number of nitrogens with zero attached hydrogens (tertiary/aromatic N) is 4. The minimum atomic E-state index is -1.11. The molecule has 0 saturated carbocycles. The van der Waals surface area contributed by atoms with Crippen LogP contribution in [0.1, 0.15) is 11.1 Å². The van der Waals surface area contributed by atoms with Gasteiger partial charge in [0, 0.05) is 56.6 Å². The van der Waals surface area contributed by atoms with E-state index >= 15 is 0 Å². The van der Waals surface area contributed by atoms with Crippen molar-refractivity contribution in [2.45, 2.75) is 24.9 Å². The van der Waals surface area contributed by atoms with Crippen LogP contribution in [0.3, 0.4) is 0 Å². The van der Waals surface area contributed by atoms with Gasteiger partial charge in [0.1, 0.15) is 52.7 Å². The van der Waals surface area contributed by atoms with Crippen LogP contribution in [0.2, 0.25) is 0 Å². The van der Waals surface area contributed by atoms with Crippen molar-refractivity contribution in [3.05, 3.63) is 132 Å². The third kappa shape index (κ3) is 11.3. The Morgan fingerprint density at radius 3 is 1.41 bits per heavy atom. The summed E-state index contributed by atoms with van der Waals surface area (Å²) in [6.07, 6.45) is 1.11. The molecule has 0 aliphatic carbocycles. The largest absolute Gasteiger partial charge is 0.497 e. The summed E-state index contributed by atoms with van der Waals surface area (Å²) in [5, 5.41) is 6.02. The van der Waals surface area contributed by atoms with E-state index in [1.54, 1.807) is 62.6 Å². The third-order valence-corrected chi connectivity index (χ3v) is 8.18. The summed E-state index contributed by atoms with van der Waals surface area (Å²) in [7, 11) is 6.15. The first-order chi connectivity index (χ1) is 24.9. The molecule has 54 heavy (non-hydrogen) atoms. The fourth-order valence-electron chi connectivity index (χ4n) is 5.51. The van der Waals surface area contributed by atoms with Crippen LogP contribution < -0.4 is 29.9 Å². The maximum Gasteiger partial charge on any atom is 0.249 e. The summed E-state index contributed by atoms with van der Waals surface area (Å²) >= 11 is 0. The SMILES string of the molecule is COc1ccc(N(C)C(=O)[C@H](Cc2cc(F)cc(F)c2)Nc2ccnc(N[C@@H](Cc3cc(F)cc(F)c3)C(=O)N(C)c3ccc(OC)cc3)n2)cc1.S.S. The number of hydrogen-bond donors (Lipinski definition) is 2. The lowest BCUT2D eigenvalue weighted by Gasteiger charge is -2.26. The Hall–Kier alpha value is -5.48. The van der Waals surface area contributed by atoms with Gasteiger partial charge in [-0.2, -0.15) is 32.0 Å². The topological polar surface area (TPSA) is 109 Å². The quantitative estimate of drug-likeness (QED) is 0.121. The van der Waals surface area contributed by atoms with Crippen molar-refractivity contribution in [2.75, 3.05) is 48.7 Å². The van der Waals surface area contributed by atoms with Gasteiger partial charge in [-0.15, -0.1) is 0 Å². The zero-order valence-corrected chi connectivity index (χ0v) is 31.7. The molecule has 4 aromatic carbocycles. The van der Waals surface area contributed by atoms with Gasteiger partial charge in [-0.1, -0.05) is 0 Å². The van der Waals surface area contributed by atoms with Crippen LogP contribution >= 0.6 is 27.0 Å². The molecule has 1 heterocycles. The molecule has 16 heteroatoms. The van der Waals surface area contributed by atoms with E-state index in [4.69, 9.17) is 9.47 Å². The molecule has 286 valence electrons. The van der Waals surface area contributed by atoms with Crippen molar-refractivity contribution in [3.63, 3.8) is 0 Å². The van der Waals surface area contributed by atoms with Crippen molar-refractivity contribution in [1.29, 1.82) is 0 Å². The van der Waals surface area contributed by atoms with E-state index in [1.807, 2.05) is 0 Å². The van der Waals surface area contributed by atoms with Crippen LogP contribution in [0.4, 0.5) is 40.7 Å². The minimum Gasteiger partial charge on any atom is -0.497 e. The van der Waals surface area contributed by atoms with E-state index in [2.05, 4.69) is 20.6 Å². The molecular formula is C38H40F4N6O4S2. The third-order valence-electron chi connectivity index (χ3n) is 8.18. The average molecular weight is 785 g/mol. The van der Waals surface area contributed by atoms with Gasteiger partial charge in [0.15, 0.2) is 0 Å². The Labute approximate surface area is 324 Å². The second-order valence-electron chi connectivity index (χ2n) is 11.8. The number of anilines is 4. The highest BCUT2D eigenvalue weighted by molar-refractivity contribution is 7.59. The van der Waals surface area contributed by atoms with Gasteiger partial charge in [-0.3, -0.25) is 9.59 Å². The van der Waals surface area contributed by atoms with Crippen LogP contribution in [0.5, 0.6) is 11.5 Å². The predicted molar refractivity (Wildman–Crippen MR) is 211 cm³/mol. The molecule has 0 unspecified atom stereocenters. The first-order valence-electron chi connectivity index (χ1n) is 16.0. The monoisotopic (exact) mass is 784 g/mol. The summed E-state index contributed by atoms with van der Waals surface area (Å²) < 4.78 is 67.1. The number of ether oxygens (including phenoxy) is 2. The summed E-state index contributed by atoms with van der Waals surface area (Å²) in [6.45, 7) is 0. The van der Waals surface area contributed by atoms with E-state index in [1.165, 1.54) is 36.3 Å². The van der Waals surface area contributed by atoms with E-state index in [0.717, 1.165) is 36.4 Å². The maximum atomic E-state index is 14.2.